The van der Waals surface area contributed by atoms with Gasteiger partial charge >= 0.3 is 0 Å². The molecule has 320 valence electrons. The van der Waals surface area contributed by atoms with Crippen LogP contribution in [0.5, 0.6) is 0 Å². The van der Waals surface area contributed by atoms with Crippen LogP contribution < -0.4 is 0 Å². The van der Waals surface area contributed by atoms with Crippen molar-refractivity contribution >= 4 is 10.8 Å². The molecule has 0 N–H and O–H groups in total. The number of hydrogen-bond donors (Lipinski definition) is 0. The Kier molecular flexibility index (Phi) is 9.36. The van der Waals surface area contributed by atoms with Crippen LogP contribution in [-0.2, 0) is 32.5 Å². The molecule has 10 rings (SSSR count). The van der Waals surface area contributed by atoms with Gasteiger partial charge in [0.25, 0.3) is 0 Å². The topological polar surface area (TPSA) is 0 Å². The molecule has 0 heteroatoms. The molecule has 0 nitrogen and oxygen atoms in total. The Morgan fingerprint density at radius 2 is 0.609 bits per heavy atom. The fourth-order valence-corrected chi connectivity index (χ4v) is 11.4. The molecule has 0 unspecified atom stereocenters. The number of fused-ring (bicyclic) bond motifs is 6. The van der Waals surface area contributed by atoms with Gasteiger partial charge in [-0.2, -0.15) is 0 Å². The first kappa shape index (κ1) is 42.0. The largest absolute Gasteiger partial charge is 0.0714 e. The van der Waals surface area contributed by atoms with Crippen molar-refractivity contribution < 1.29 is 0 Å². The van der Waals surface area contributed by atoms with Gasteiger partial charge in [-0.15, -0.1) is 0 Å². The van der Waals surface area contributed by atoms with Gasteiger partial charge in [-0.1, -0.05) is 247 Å². The lowest BCUT2D eigenvalue weighted by Crippen LogP contribution is -2.34. The highest BCUT2D eigenvalue weighted by Crippen LogP contribution is 2.63. The summed E-state index contributed by atoms with van der Waals surface area (Å²) < 4.78 is 0. The van der Waals surface area contributed by atoms with E-state index in [1.165, 1.54) is 99.8 Å². The van der Waals surface area contributed by atoms with Crippen LogP contribution in [0.25, 0.3) is 33.0 Å². The Morgan fingerprint density at radius 3 is 1.00 bits per heavy atom. The second-order valence-corrected chi connectivity index (χ2v) is 23.0. The quantitative estimate of drug-likeness (QED) is 0.166. The molecule has 0 amide bonds. The summed E-state index contributed by atoms with van der Waals surface area (Å²) in [5.74, 6) is 0. The summed E-state index contributed by atoms with van der Waals surface area (Å²) in [4.78, 5) is 0. The highest BCUT2D eigenvalue weighted by atomic mass is 14.5. The van der Waals surface area contributed by atoms with Crippen LogP contribution in [0.4, 0.5) is 0 Å². The minimum absolute atomic E-state index is 0.0394. The van der Waals surface area contributed by atoms with E-state index in [0.717, 1.165) is 0 Å². The Morgan fingerprint density at radius 1 is 0.281 bits per heavy atom. The first-order valence-corrected chi connectivity index (χ1v) is 23.5. The predicted molar refractivity (Wildman–Crippen MR) is 273 cm³/mol. The van der Waals surface area contributed by atoms with Crippen LogP contribution in [0.15, 0.2) is 170 Å². The Labute approximate surface area is 383 Å². The van der Waals surface area contributed by atoms with E-state index in [1.54, 1.807) is 0 Å². The van der Waals surface area contributed by atoms with Gasteiger partial charge in [-0.05, 0) is 128 Å². The molecule has 0 aliphatic heterocycles. The van der Waals surface area contributed by atoms with Gasteiger partial charge in [0.1, 0.15) is 0 Å². The molecule has 0 bridgehead atoms. The summed E-state index contributed by atoms with van der Waals surface area (Å²) in [5, 5.41) is 2.66. The Bertz CT molecular complexity index is 2950. The molecule has 0 heterocycles. The summed E-state index contributed by atoms with van der Waals surface area (Å²) in [5.41, 5.74) is 20.2. The Hall–Kier alpha value is -5.98. The lowest BCUT2D eigenvalue weighted by molar-refractivity contribution is 0.588. The molecule has 64 heavy (non-hydrogen) atoms. The van der Waals surface area contributed by atoms with Gasteiger partial charge in [0.15, 0.2) is 0 Å². The molecule has 0 atom stereocenters. The Balaban J connectivity index is 1.35. The number of hydrogen-bond acceptors (Lipinski definition) is 0. The fourth-order valence-electron chi connectivity index (χ4n) is 11.4. The predicted octanol–water partition coefficient (Wildman–Crippen LogP) is 16.8. The normalized spacial score (nSPS) is 15.1. The van der Waals surface area contributed by atoms with Crippen LogP contribution in [0.3, 0.4) is 0 Å². The number of benzene rings is 8. The van der Waals surface area contributed by atoms with E-state index < -0.39 is 10.8 Å². The summed E-state index contributed by atoms with van der Waals surface area (Å²) in [6.45, 7) is 27.7. The average Bonchev–Trinajstić information content (AvgIpc) is 3.57. The molecule has 8 aromatic carbocycles. The van der Waals surface area contributed by atoms with Gasteiger partial charge in [0.05, 0.1) is 10.8 Å². The van der Waals surface area contributed by atoms with Crippen LogP contribution in [-0.4, -0.2) is 0 Å². The number of rotatable bonds is 4. The zero-order chi connectivity index (χ0) is 45.2. The van der Waals surface area contributed by atoms with Crippen LogP contribution in [0.2, 0.25) is 0 Å². The van der Waals surface area contributed by atoms with Gasteiger partial charge in [0.2, 0.25) is 0 Å². The van der Waals surface area contributed by atoms with Crippen molar-refractivity contribution in [3.63, 3.8) is 0 Å². The third kappa shape index (κ3) is 6.15. The molecule has 0 radical (unpaired) electrons. The maximum Gasteiger partial charge on any atom is 0.0714 e. The molecular formula is C64H64. The van der Waals surface area contributed by atoms with E-state index in [9.17, 15) is 0 Å². The molecule has 2 aliphatic rings. The molecule has 0 aromatic heterocycles. The first-order valence-electron chi connectivity index (χ1n) is 23.5. The van der Waals surface area contributed by atoms with E-state index in [1.807, 2.05) is 0 Å². The monoisotopic (exact) mass is 833 g/mol. The van der Waals surface area contributed by atoms with Crippen molar-refractivity contribution in [1.29, 1.82) is 0 Å². The molecule has 8 aromatic rings. The summed E-state index contributed by atoms with van der Waals surface area (Å²) in [6.07, 6.45) is 0. The van der Waals surface area contributed by atoms with Crippen molar-refractivity contribution in [2.45, 2.75) is 116 Å². The van der Waals surface area contributed by atoms with Crippen molar-refractivity contribution in [1.82, 2.24) is 0 Å². The van der Waals surface area contributed by atoms with Crippen molar-refractivity contribution in [3.05, 3.63) is 237 Å². The molecular weight excluding hydrogens is 769 g/mol. The fraction of sp³-hybridized carbons (Fsp3) is 0.281. The van der Waals surface area contributed by atoms with Gasteiger partial charge < -0.3 is 0 Å². The minimum Gasteiger partial charge on any atom is -0.0619 e. The maximum absolute atomic E-state index is 2.62. The van der Waals surface area contributed by atoms with Crippen LogP contribution >= 0.6 is 0 Å². The lowest BCUT2D eigenvalue weighted by atomic mass is 9.58. The second-order valence-electron chi connectivity index (χ2n) is 23.0. The summed E-state index contributed by atoms with van der Waals surface area (Å²) in [7, 11) is 0. The molecule has 0 saturated carbocycles. The third-order valence-corrected chi connectivity index (χ3v) is 14.9. The van der Waals surface area contributed by atoms with E-state index in [0.29, 0.717) is 0 Å². The van der Waals surface area contributed by atoms with Gasteiger partial charge in [-0.3, -0.25) is 0 Å². The molecule has 0 spiro atoms. The smallest absolute Gasteiger partial charge is 0.0619 e. The summed E-state index contributed by atoms with van der Waals surface area (Å²) >= 11 is 0. The van der Waals surface area contributed by atoms with Gasteiger partial charge in [-0.25, -0.2) is 0 Å². The van der Waals surface area contributed by atoms with E-state index in [-0.39, 0.29) is 21.7 Å². The molecule has 2 aliphatic carbocycles. The SMILES string of the molecule is CC(C)(C)c1ccc(C2(c3ccc(C(C)(C)C)cc3)c3ccccc3-c3c2cc2c4c(cccc34)C(c3ccc(C(C)(C)C)cc3)(c3ccc(C(C)(C)C)cc3)c3ccccc3-2)cc1. The summed E-state index contributed by atoms with van der Waals surface area (Å²) in [6, 6.07) is 66.9. The van der Waals surface area contributed by atoms with Crippen LogP contribution in [0.1, 0.15) is 150 Å². The van der Waals surface area contributed by atoms with Crippen LogP contribution in [0, 0.1) is 0 Å². The van der Waals surface area contributed by atoms with Crippen molar-refractivity contribution in [2.24, 2.45) is 0 Å². The molecule has 0 fully saturated rings. The zero-order valence-corrected chi connectivity index (χ0v) is 40.2. The maximum atomic E-state index is 2.62. The standard InChI is InChI=1S/C64H64/c1-59(2,3)41-24-32-45(33-25-41)63(46-34-26-42(27-35-46)60(4,5)6)53-21-15-13-18-49(53)52-40-56-57(51-20-17-23-55(63)58(51)52)50-19-14-16-22-54(50)64(56,47-36-28-43(29-37-47)61(7,8)9)48-38-30-44(31-39-48)62(10,11)12/h13-40H,1-12H3. The van der Waals surface area contributed by atoms with E-state index in [4.69, 9.17) is 0 Å². The first-order chi connectivity index (χ1) is 30.3. The molecule has 0 saturated heterocycles. The highest BCUT2D eigenvalue weighted by Gasteiger charge is 2.50. The lowest BCUT2D eigenvalue weighted by Gasteiger charge is -2.43. The zero-order valence-electron chi connectivity index (χ0n) is 40.2. The minimum atomic E-state index is -0.565. The average molecular weight is 833 g/mol. The van der Waals surface area contributed by atoms with E-state index in [2.05, 4.69) is 253 Å². The van der Waals surface area contributed by atoms with E-state index >= 15 is 0 Å². The third-order valence-electron chi connectivity index (χ3n) is 14.9. The second kappa shape index (κ2) is 14.3. The van der Waals surface area contributed by atoms with Crippen molar-refractivity contribution in [3.8, 4) is 22.3 Å². The van der Waals surface area contributed by atoms with Gasteiger partial charge in [0, 0.05) is 0 Å². The highest BCUT2D eigenvalue weighted by molar-refractivity contribution is 6.14. The van der Waals surface area contributed by atoms with Crippen molar-refractivity contribution in [2.75, 3.05) is 0 Å².